The van der Waals surface area contributed by atoms with Crippen molar-refractivity contribution in [1.82, 2.24) is 24.6 Å². The molecule has 0 aromatic carbocycles. The van der Waals surface area contributed by atoms with Gasteiger partial charge in [-0.25, -0.2) is 0 Å². The van der Waals surface area contributed by atoms with E-state index >= 15 is 0 Å². The molecule has 8 nitrogen and oxygen atoms in total. The van der Waals surface area contributed by atoms with Gasteiger partial charge in [0.15, 0.2) is 11.6 Å². The summed E-state index contributed by atoms with van der Waals surface area (Å²) in [7, 11) is 1.86. The van der Waals surface area contributed by atoms with Crippen LogP contribution in [0.5, 0.6) is 0 Å². The Morgan fingerprint density at radius 1 is 1.23 bits per heavy atom. The molecule has 1 saturated heterocycles. The topological polar surface area (TPSA) is 104 Å². The number of amides is 1. The Morgan fingerprint density at radius 2 is 1.88 bits per heavy atom. The van der Waals surface area contributed by atoms with Crippen molar-refractivity contribution in [3.05, 3.63) is 34.2 Å². The zero-order valence-electron chi connectivity index (χ0n) is 15.7. The molecule has 3 heterocycles. The van der Waals surface area contributed by atoms with E-state index in [1.807, 2.05) is 30.4 Å². The van der Waals surface area contributed by atoms with Crippen molar-refractivity contribution < 1.29 is 14.7 Å². The minimum absolute atomic E-state index is 0.0313. The van der Waals surface area contributed by atoms with Crippen LogP contribution < -0.4 is 0 Å². The number of nitrogens with zero attached hydrogens (tertiary/aromatic N) is 4. The molecule has 0 radical (unpaired) electrons. The monoisotopic (exact) mass is 359 g/mol. The maximum absolute atomic E-state index is 13.0. The van der Waals surface area contributed by atoms with Crippen LogP contribution in [0.3, 0.4) is 0 Å². The van der Waals surface area contributed by atoms with Gasteiger partial charge in [-0.1, -0.05) is 0 Å². The number of aliphatic hydroxyl groups is 1. The average Bonchev–Trinajstić information content (AvgIpc) is 3.14. The minimum Gasteiger partial charge on any atom is -0.388 e. The number of aryl methyl sites for hydroxylation is 1. The highest BCUT2D eigenvalue weighted by atomic mass is 16.3. The third-order valence-electron chi connectivity index (χ3n) is 5.29. The third kappa shape index (κ3) is 3.05. The first-order valence-corrected chi connectivity index (χ1v) is 8.83. The molecule has 26 heavy (non-hydrogen) atoms. The van der Waals surface area contributed by atoms with E-state index in [1.54, 1.807) is 0 Å². The van der Waals surface area contributed by atoms with Gasteiger partial charge >= 0.3 is 0 Å². The number of aliphatic hydroxyl groups excluding tert-OH is 1. The molecule has 0 unspecified atom stereocenters. The lowest BCUT2D eigenvalue weighted by atomic mass is 9.95. The number of nitrogens with one attached hydrogen (secondary N) is 1. The standard InChI is InChI=1S/C18H25N5O3/c1-10-15(11(2)19-16(10)12(3)25)18(26)23-7-5-13(6-8-23)17-21-20-14(9-24)22(17)4/h13,19,24H,5-9H2,1-4H3. The molecule has 140 valence electrons. The lowest BCUT2D eigenvalue weighted by Gasteiger charge is -2.31. The predicted molar refractivity (Wildman–Crippen MR) is 95.1 cm³/mol. The lowest BCUT2D eigenvalue weighted by Crippen LogP contribution is -2.38. The van der Waals surface area contributed by atoms with Crippen LogP contribution in [0.15, 0.2) is 0 Å². The number of likely N-dealkylation sites (tertiary alicyclic amines) is 1. The van der Waals surface area contributed by atoms with Gasteiger partial charge in [-0.3, -0.25) is 9.59 Å². The van der Waals surface area contributed by atoms with Crippen molar-refractivity contribution in [1.29, 1.82) is 0 Å². The molecular weight excluding hydrogens is 334 g/mol. The highest BCUT2D eigenvalue weighted by molar-refractivity contribution is 6.02. The number of piperidine rings is 1. The van der Waals surface area contributed by atoms with Crippen molar-refractivity contribution in [2.75, 3.05) is 13.1 Å². The smallest absolute Gasteiger partial charge is 0.255 e. The van der Waals surface area contributed by atoms with Crippen molar-refractivity contribution in [3.63, 3.8) is 0 Å². The Bertz CT molecular complexity index is 843. The summed E-state index contributed by atoms with van der Waals surface area (Å²) in [4.78, 5) is 29.5. The zero-order valence-corrected chi connectivity index (χ0v) is 15.7. The number of ketones is 1. The van der Waals surface area contributed by atoms with E-state index in [-0.39, 0.29) is 24.2 Å². The largest absolute Gasteiger partial charge is 0.388 e. The molecule has 1 amide bonds. The number of carbonyl (C=O) groups is 2. The quantitative estimate of drug-likeness (QED) is 0.805. The molecule has 0 saturated carbocycles. The fourth-order valence-corrected chi connectivity index (χ4v) is 3.79. The number of hydrogen-bond acceptors (Lipinski definition) is 5. The summed E-state index contributed by atoms with van der Waals surface area (Å²) in [5.74, 6) is 1.53. The van der Waals surface area contributed by atoms with Gasteiger partial charge in [0.1, 0.15) is 12.4 Å². The summed E-state index contributed by atoms with van der Waals surface area (Å²) in [6.45, 7) is 6.27. The van der Waals surface area contributed by atoms with Gasteiger partial charge in [-0.05, 0) is 32.3 Å². The Balaban J connectivity index is 1.73. The van der Waals surface area contributed by atoms with Gasteiger partial charge in [0.2, 0.25) is 0 Å². The van der Waals surface area contributed by atoms with Crippen LogP contribution in [0.2, 0.25) is 0 Å². The van der Waals surface area contributed by atoms with Crippen LogP contribution in [0.4, 0.5) is 0 Å². The summed E-state index contributed by atoms with van der Waals surface area (Å²) in [6, 6.07) is 0. The van der Waals surface area contributed by atoms with E-state index in [2.05, 4.69) is 15.2 Å². The second-order valence-corrected chi connectivity index (χ2v) is 6.94. The number of aromatic nitrogens is 4. The first-order chi connectivity index (χ1) is 12.3. The molecule has 2 aromatic rings. The Hall–Kier alpha value is -2.48. The normalized spacial score (nSPS) is 15.5. The second kappa shape index (κ2) is 7.03. The number of Topliss-reactive ketones (excluding diaryl/α,β-unsaturated/α-hetero) is 1. The van der Waals surface area contributed by atoms with Gasteiger partial charge in [0, 0.05) is 38.7 Å². The van der Waals surface area contributed by atoms with Gasteiger partial charge in [0.25, 0.3) is 5.91 Å². The number of aromatic amines is 1. The number of hydrogen-bond donors (Lipinski definition) is 2. The SMILES string of the molecule is CC(=O)c1[nH]c(C)c(C(=O)N2CCC(c3nnc(CO)n3C)CC2)c1C. The van der Waals surface area contributed by atoms with Crippen LogP contribution >= 0.6 is 0 Å². The second-order valence-electron chi connectivity index (χ2n) is 6.94. The minimum atomic E-state index is -0.134. The molecular formula is C18H25N5O3. The molecule has 0 aliphatic carbocycles. The van der Waals surface area contributed by atoms with Crippen LogP contribution in [0.25, 0.3) is 0 Å². The van der Waals surface area contributed by atoms with E-state index in [1.165, 1.54) is 6.92 Å². The third-order valence-corrected chi connectivity index (χ3v) is 5.29. The maximum atomic E-state index is 13.0. The van der Waals surface area contributed by atoms with E-state index in [0.717, 1.165) is 29.9 Å². The van der Waals surface area contributed by atoms with Crippen LogP contribution in [0.1, 0.15) is 69.4 Å². The Morgan fingerprint density at radius 3 is 2.38 bits per heavy atom. The molecule has 0 bridgehead atoms. The average molecular weight is 359 g/mol. The van der Waals surface area contributed by atoms with Crippen molar-refractivity contribution in [2.45, 2.75) is 46.1 Å². The fraction of sp³-hybridized carbons (Fsp3) is 0.556. The molecule has 1 aliphatic rings. The molecule has 2 aromatic heterocycles. The molecule has 2 N–H and O–H groups in total. The van der Waals surface area contributed by atoms with Crippen LogP contribution in [-0.2, 0) is 13.7 Å². The number of rotatable bonds is 4. The van der Waals surface area contributed by atoms with Crippen LogP contribution in [-0.4, -0.2) is 54.5 Å². The molecule has 3 rings (SSSR count). The summed E-state index contributed by atoms with van der Waals surface area (Å²) in [6.07, 6.45) is 1.59. The molecule has 0 spiro atoms. The summed E-state index contributed by atoms with van der Waals surface area (Å²) >= 11 is 0. The molecule has 0 atom stereocenters. The van der Waals surface area contributed by atoms with E-state index < -0.39 is 0 Å². The Kier molecular flexibility index (Phi) is 4.95. The number of carbonyl (C=O) groups excluding carboxylic acids is 2. The summed E-state index contributed by atoms with van der Waals surface area (Å²) in [5, 5.41) is 17.5. The lowest BCUT2D eigenvalue weighted by molar-refractivity contribution is 0.0709. The fourth-order valence-electron chi connectivity index (χ4n) is 3.79. The zero-order chi connectivity index (χ0) is 19.0. The molecule has 1 fully saturated rings. The van der Waals surface area contributed by atoms with Crippen molar-refractivity contribution >= 4 is 11.7 Å². The van der Waals surface area contributed by atoms with Gasteiger partial charge in [-0.15, -0.1) is 10.2 Å². The summed E-state index contributed by atoms with van der Waals surface area (Å²) < 4.78 is 1.84. The molecule has 8 heteroatoms. The van der Waals surface area contributed by atoms with E-state index in [9.17, 15) is 14.7 Å². The van der Waals surface area contributed by atoms with Gasteiger partial charge < -0.3 is 19.6 Å². The molecule has 1 aliphatic heterocycles. The van der Waals surface area contributed by atoms with Crippen molar-refractivity contribution in [2.24, 2.45) is 7.05 Å². The highest BCUT2D eigenvalue weighted by Crippen LogP contribution is 2.29. The van der Waals surface area contributed by atoms with Gasteiger partial charge in [0.05, 0.1) is 11.3 Å². The highest BCUT2D eigenvalue weighted by Gasteiger charge is 2.30. The Labute approximate surface area is 152 Å². The number of H-pyrrole nitrogens is 1. The van der Waals surface area contributed by atoms with Gasteiger partial charge in [-0.2, -0.15) is 0 Å². The van der Waals surface area contributed by atoms with E-state index in [4.69, 9.17) is 0 Å². The van der Waals surface area contributed by atoms with Crippen molar-refractivity contribution in [3.8, 4) is 0 Å². The van der Waals surface area contributed by atoms with E-state index in [0.29, 0.717) is 30.2 Å². The summed E-state index contributed by atoms with van der Waals surface area (Å²) in [5.41, 5.74) is 2.58. The first kappa shape index (κ1) is 18.3. The predicted octanol–water partition coefficient (Wildman–Crippen LogP) is 1.47. The van der Waals surface area contributed by atoms with Crippen LogP contribution in [0, 0.1) is 13.8 Å². The maximum Gasteiger partial charge on any atom is 0.255 e. The first-order valence-electron chi connectivity index (χ1n) is 8.83.